The summed E-state index contributed by atoms with van der Waals surface area (Å²) in [4.78, 5) is -3.63. The van der Waals surface area contributed by atoms with Gasteiger partial charge in [-0.2, -0.15) is 0 Å². The normalized spacial score (nSPS) is 12.7. The van der Waals surface area contributed by atoms with Crippen LogP contribution in [0.2, 0.25) is 0 Å². The largest absolute Gasteiger partial charge is 1.00 e. The molecular weight excluding hydrogens is 1080 g/mol. The van der Waals surface area contributed by atoms with Gasteiger partial charge in [-0.05, 0) is 0 Å². The first kappa shape index (κ1) is 55.2. The van der Waals surface area contributed by atoms with Gasteiger partial charge in [0.25, 0.3) is 0 Å². The van der Waals surface area contributed by atoms with Gasteiger partial charge in [-0.1, -0.05) is 0 Å². The summed E-state index contributed by atoms with van der Waals surface area (Å²) in [5, 5.41) is 35.9. The van der Waals surface area contributed by atoms with Crippen LogP contribution in [0.5, 0.6) is 11.5 Å². The molecule has 0 aliphatic rings. The fourth-order valence-electron chi connectivity index (χ4n) is 5.09. The molecule has 0 saturated carbocycles. The van der Waals surface area contributed by atoms with Gasteiger partial charge in [-0.15, -0.1) is 0 Å². The van der Waals surface area contributed by atoms with Crippen molar-refractivity contribution in [3.8, 4) is 11.5 Å². The average molecular weight is 1110 g/mol. The molecule has 0 atom stereocenters. The smallest absolute Gasteiger partial charge is 1.00 e. The second-order valence-electron chi connectivity index (χ2n) is 11.9. The predicted octanol–water partition coefficient (Wildman–Crippen LogP) is -3.15. The number of aromatic hydroxyl groups is 2. The van der Waals surface area contributed by atoms with Crippen LogP contribution in [0.25, 0.3) is 21.5 Å². The van der Waals surface area contributed by atoms with Crippen LogP contribution >= 0.6 is 0 Å². The molecule has 64 heavy (non-hydrogen) atoms. The Hall–Kier alpha value is -3.16. The van der Waals surface area contributed by atoms with Gasteiger partial charge in [0.2, 0.25) is 0 Å². The molecule has 0 bridgehead atoms. The van der Waals surface area contributed by atoms with E-state index in [0.717, 1.165) is 36.4 Å². The van der Waals surface area contributed by atoms with Crippen LogP contribution < -0.4 is 59.1 Å². The van der Waals surface area contributed by atoms with Crippen LogP contribution in [0.15, 0.2) is 149 Å². The molecule has 328 valence electrons. The summed E-state index contributed by atoms with van der Waals surface area (Å²) in [7, 11) is -20.3. The number of rotatable bonds is 12. The number of benzene rings is 6. The van der Waals surface area contributed by atoms with E-state index in [2.05, 4.69) is 26.8 Å². The zero-order chi connectivity index (χ0) is 46.1. The van der Waals surface area contributed by atoms with Crippen molar-refractivity contribution in [2.45, 2.75) is 19.6 Å². The summed E-state index contributed by atoms with van der Waals surface area (Å²) >= 11 is -12.4. The quantitative estimate of drug-likeness (QED) is 0.0400. The van der Waals surface area contributed by atoms with Gasteiger partial charge in [-0.25, -0.2) is 0 Å². The molecule has 0 heterocycles. The van der Waals surface area contributed by atoms with Crippen LogP contribution in [0, 0.1) is 0 Å². The Morgan fingerprint density at radius 3 is 1.06 bits per heavy atom. The number of phenols is 2. The molecule has 0 unspecified atom stereocenters. The van der Waals surface area contributed by atoms with Crippen molar-refractivity contribution in [1.82, 2.24) is 0 Å². The molecule has 0 fully saturated rings. The maximum Gasteiger partial charge on any atom is 1.00 e. The van der Waals surface area contributed by atoms with E-state index in [4.69, 9.17) is 16.4 Å². The summed E-state index contributed by atoms with van der Waals surface area (Å²) in [6, 6.07) is 23.2. The Morgan fingerprint density at radius 1 is 0.469 bits per heavy atom. The van der Waals surface area contributed by atoms with Gasteiger partial charge in [0.15, 0.2) is 0 Å². The number of nitrogens with zero attached hydrogens (tertiary/aromatic N) is 4. The van der Waals surface area contributed by atoms with E-state index in [1.807, 2.05) is 0 Å². The molecule has 6 N–H and O–H groups in total. The Balaban J connectivity index is 0.000000330. The first-order valence-electron chi connectivity index (χ1n) is 16.0. The molecule has 0 spiro atoms. The van der Waals surface area contributed by atoms with Crippen molar-refractivity contribution in [3.63, 3.8) is 0 Å². The SMILES string of the molecule is O=S(=O)([O-])c1ccc2c(N=Nc3ccccc3)c(O)c(S(=O)(=O)O[As](=O)(O)O)cc2c1.O=S(=O)([O-])c1ccc2c(N=Nc3ccccc3)c(O)c(S(=O)(=O)O[As](=O)(O)O)cc2c1.[Na+].[Na+]. The topological polar surface area (TPSA) is 406 Å². The van der Waals surface area contributed by atoms with Crippen LogP contribution in [0.1, 0.15) is 0 Å². The monoisotopic (exact) mass is 1110 g/mol. The zero-order valence-corrected chi connectivity index (χ0v) is 43.1. The third-order valence-electron chi connectivity index (χ3n) is 7.59. The molecule has 0 saturated heterocycles. The molecule has 0 amide bonds. The molecule has 6 aromatic carbocycles. The molecule has 0 aromatic heterocycles. The van der Waals surface area contributed by atoms with Gasteiger partial charge in [-0.3, -0.25) is 0 Å². The van der Waals surface area contributed by atoms with Gasteiger partial charge >= 0.3 is 417 Å². The van der Waals surface area contributed by atoms with Crippen molar-refractivity contribution < 1.29 is 142 Å². The standard InChI is InChI=1S/2C16H13AsN2O10S2.2Na/c2*20-16-14(31(27,28)29-17(21,22)23)9-10-8-12(30(24,25)26)6-7-13(10)15(16)19-18-11-4-2-1-3-5-11;;/h2*1-9,20H,(H2,21,22,23)(H,24,25,26);;/q;;2*+1/p-2. The predicted molar refractivity (Wildman–Crippen MR) is 207 cm³/mol. The Morgan fingerprint density at radius 2 is 0.781 bits per heavy atom. The summed E-state index contributed by atoms with van der Waals surface area (Å²) in [5.41, 5.74) is -0.290. The third-order valence-corrected chi connectivity index (χ3v) is 16.7. The van der Waals surface area contributed by atoms with E-state index in [9.17, 15) is 60.5 Å². The second kappa shape index (κ2) is 21.2. The van der Waals surface area contributed by atoms with Gasteiger partial charge in [0.05, 0.1) is 0 Å². The van der Waals surface area contributed by atoms with E-state index >= 15 is 0 Å². The molecular formula is C32H24As2N4Na2O20S4. The van der Waals surface area contributed by atoms with E-state index in [1.54, 1.807) is 60.7 Å². The van der Waals surface area contributed by atoms with Crippen molar-refractivity contribution in [2.75, 3.05) is 0 Å². The van der Waals surface area contributed by atoms with Crippen LogP contribution in [0.4, 0.5) is 22.7 Å². The summed E-state index contributed by atoms with van der Waals surface area (Å²) < 4.78 is 183. The van der Waals surface area contributed by atoms with Crippen LogP contribution in [-0.4, -0.2) is 98.4 Å². The zero-order valence-electron chi connectivity index (χ0n) is 32.1. The number of hydrogen-bond donors (Lipinski definition) is 6. The van der Waals surface area contributed by atoms with Crippen LogP contribution in [-0.2, 0) is 54.3 Å². The van der Waals surface area contributed by atoms with Crippen molar-refractivity contribution in [3.05, 3.63) is 109 Å². The molecule has 6 aromatic rings. The summed E-state index contributed by atoms with van der Waals surface area (Å²) in [6.45, 7) is 0. The Bertz CT molecular complexity index is 3140. The minimum absolute atomic E-state index is 0. The van der Waals surface area contributed by atoms with Crippen molar-refractivity contribution in [2.24, 2.45) is 20.5 Å². The maximum absolute atomic E-state index is 12.3. The first-order valence-corrected chi connectivity index (χ1v) is 28.1. The molecule has 24 nitrogen and oxygen atoms in total. The number of hydrogen-bond acceptors (Lipinski definition) is 20. The van der Waals surface area contributed by atoms with Crippen molar-refractivity contribution >= 4 is 114 Å². The maximum atomic E-state index is 12.3. The van der Waals surface area contributed by atoms with Gasteiger partial charge in [0.1, 0.15) is 0 Å². The third kappa shape index (κ3) is 14.4. The van der Waals surface area contributed by atoms with Gasteiger partial charge in [0, 0.05) is 0 Å². The Labute approximate surface area is 412 Å². The average Bonchev–Trinajstić information content (AvgIpc) is 3.14. The molecule has 0 radical (unpaired) electrons. The van der Waals surface area contributed by atoms with Gasteiger partial charge < -0.3 is 0 Å². The molecule has 6 rings (SSSR count). The summed E-state index contributed by atoms with van der Waals surface area (Å²) in [5.74, 6) is -2.09. The van der Waals surface area contributed by atoms with E-state index in [-0.39, 0.29) is 80.7 Å². The minimum Gasteiger partial charge on any atom is 1.00 e. The first-order chi connectivity index (χ1) is 28.6. The molecule has 32 heteroatoms. The van der Waals surface area contributed by atoms with E-state index in [0.29, 0.717) is 23.5 Å². The number of phenolic OH excluding ortho intramolecular Hbond substituents is 2. The molecule has 0 aliphatic heterocycles. The molecule has 0 aliphatic carbocycles. The minimum atomic E-state index is -6.20. The van der Waals surface area contributed by atoms with Crippen molar-refractivity contribution in [1.29, 1.82) is 0 Å². The van der Waals surface area contributed by atoms with E-state index < -0.39 is 112 Å². The second-order valence-corrected chi connectivity index (χ2v) is 23.7. The fourth-order valence-corrected chi connectivity index (χ4v) is 12.2. The Kier molecular flexibility index (Phi) is 18.3. The number of azo groups is 2. The summed E-state index contributed by atoms with van der Waals surface area (Å²) in [6.07, 6.45) is 0. The van der Waals surface area contributed by atoms with E-state index in [1.165, 1.54) is 0 Å². The number of fused-ring (bicyclic) bond motifs is 2. The fraction of sp³-hybridized carbons (Fsp3) is 0. The van der Waals surface area contributed by atoms with Crippen LogP contribution in [0.3, 0.4) is 0 Å².